The van der Waals surface area contributed by atoms with E-state index in [4.69, 9.17) is 14.6 Å². The summed E-state index contributed by atoms with van der Waals surface area (Å²) in [5.41, 5.74) is 0.460. The van der Waals surface area contributed by atoms with Gasteiger partial charge < -0.3 is 14.8 Å². The van der Waals surface area contributed by atoms with Gasteiger partial charge in [-0.3, -0.25) is 4.79 Å². The smallest absolute Gasteiger partial charge is 0.259 e. The number of hydrogen-bond donors (Lipinski definition) is 2. The SMILES string of the molecule is COc1cc(F)ccc1Oc1cc(C#N)ccc1C(=O)Nc1cccc(S(N)(=O)=O)c1. The number of carbonyl (C=O) groups excluding carboxylic acids is 1. The molecule has 0 aromatic heterocycles. The molecule has 0 bridgehead atoms. The molecule has 0 aliphatic carbocycles. The lowest BCUT2D eigenvalue weighted by Crippen LogP contribution is -2.15. The lowest BCUT2D eigenvalue weighted by atomic mass is 10.1. The lowest BCUT2D eigenvalue weighted by Gasteiger charge is -2.14. The third kappa shape index (κ3) is 5.16. The number of carbonyl (C=O) groups is 1. The molecule has 3 rings (SSSR count). The predicted octanol–water partition coefficient (Wildman–Crippen LogP) is 3.40. The van der Waals surface area contributed by atoms with Gasteiger partial charge in [-0.15, -0.1) is 0 Å². The summed E-state index contributed by atoms with van der Waals surface area (Å²) in [6.07, 6.45) is 0. The highest BCUT2D eigenvalue weighted by atomic mass is 32.2. The van der Waals surface area contributed by atoms with Crippen LogP contribution in [0, 0.1) is 17.1 Å². The van der Waals surface area contributed by atoms with Crippen LogP contribution in [0.1, 0.15) is 15.9 Å². The van der Waals surface area contributed by atoms with Gasteiger partial charge in [0.2, 0.25) is 10.0 Å². The Morgan fingerprint density at radius 1 is 1.06 bits per heavy atom. The van der Waals surface area contributed by atoms with E-state index in [9.17, 15) is 22.9 Å². The fourth-order valence-corrected chi connectivity index (χ4v) is 3.22. The van der Waals surface area contributed by atoms with E-state index in [0.29, 0.717) is 0 Å². The van der Waals surface area contributed by atoms with E-state index in [0.717, 1.165) is 12.1 Å². The summed E-state index contributed by atoms with van der Waals surface area (Å²) in [4.78, 5) is 12.7. The molecule has 0 heterocycles. The summed E-state index contributed by atoms with van der Waals surface area (Å²) in [6.45, 7) is 0. The second-order valence-electron chi connectivity index (χ2n) is 6.25. The molecule has 31 heavy (non-hydrogen) atoms. The Hall–Kier alpha value is -3.94. The highest BCUT2D eigenvalue weighted by Gasteiger charge is 2.18. The Bertz CT molecular complexity index is 1300. The van der Waals surface area contributed by atoms with Gasteiger partial charge in [0.25, 0.3) is 5.91 Å². The molecule has 0 spiro atoms. The van der Waals surface area contributed by atoms with Crippen LogP contribution in [0.5, 0.6) is 17.2 Å². The maximum absolute atomic E-state index is 13.5. The first-order chi connectivity index (χ1) is 14.7. The van der Waals surface area contributed by atoms with Crippen LogP contribution in [-0.4, -0.2) is 21.4 Å². The van der Waals surface area contributed by atoms with Crippen molar-refractivity contribution in [2.75, 3.05) is 12.4 Å². The third-order valence-corrected chi connectivity index (χ3v) is 5.03. The number of methoxy groups -OCH3 is 1. The summed E-state index contributed by atoms with van der Waals surface area (Å²) < 4.78 is 47.4. The number of amides is 1. The van der Waals surface area contributed by atoms with Gasteiger partial charge in [-0.2, -0.15) is 5.26 Å². The number of nitrogens with zero attached hydrogens (tertiary/aromatic N) is 1. The molecule has 0 radical (unpaired) electrons. The average molecular weight is 441 g/mol. The Morgan fingerprint density at radius 2 is 1.84 bits per heavy atom. The van der Waals surface area contributed by atoms with Gasteiger partial charge in [-0.25, -0.2) is 17.9 Å². The fraction of sp³-hybridized carbons (Fsp3) is 0.0476. The average Bonchev–Trinajstić information content (AvgIpc) is 2.74. The zero-order valence-electron chi connectivity index (χ0n) is 16.1. The van der Waals surface area contributed by atoms with Crippen LogP contribution in [0.25, 0.3) is 0 Å². The third-order valence-electron chi connectivity index (χ3n) is 4.12. The summed E-state index contributed by atoms with van der Waals surface area (Å²) in [7, 11) is -2.62. The Morgan fingerprint density at radius 3 is 2.52 bits per heavy atom. The molecule has 10 heteroatoms. The Labute approximate surface area is 177 Å². The van der Waals surface area contributed by atoms with Gasteiger partial charge in [0.05, 0.1) is 29.2 Å². The topological polar surface area (TPSA) is 132 Å². The van der Waals surface area contributed by atoms with E-state index in [1.807, 2.05) is 6.07 Å². The molecule has 158 valence electrons. The number of sulfonamides is 1. The summed E-state index contributed by atoms with van der Waals surface area (Å²) >= 11 is 0. The molecule has 0 unspecified atom stereocenters. The molecule has 1 amide bonds. The fourth-order valence-electron chi connectivity index (χ4n) is 2.66. The maximum Gasteiger partial charge on any atom is 0.259 e. The number of hydrogen-bond acceptors (Lipinski definition) is 6. The van der Waals surface area contributed by atoms with Crippen molar-refractivity contribution in [1.82, 2.24) is 0 Å². The molecule has 8 nitrogen and oxygen atoms in total. The number of benzene rings is 3. The number of anilines is 1. The first-order valence-corrected chi connectivity index (χ1v) is 10.3. The number of nitrogens with one attached hydrogen (secondary N) is 1. The van der Waals surface area contributed by atoms with Crippen molar-refractivity contribution >= 4 is 21.6 Å². The molecule has 0 atom stereocenters. The van der Waals surface area contributed by atoms with E-state index in [1.54, 1.807) is 0 Å². The molecule has 0 saturated carbocycles. The van der Waals surface area contributed by atoms with Crippen LogP contribution in [-0.2, 0) is 10.0 Å². The molecule has 0 fully saturated rings. The number of nitrogens with two attached hydrogens (primary N) is 1. The first kappa shape index (κ1) is 21.8. The van der Waals surface area contributed by atoms with Crippen LogP contribution >= 0.6 is 0 Å². The van der Waals surface area contributed by atoms with Crippen LogP contribution in [0.4, 0.5) is 10.1 Å². The lowest BCUT2D eigenvalue weighted by molar-refractivity contribution is 0.102. The largest absolute Gasteiger partial charge is 0.493 e. The van der Waals surface area contributed by atoms with Gasteiger partial charge in [-0.1, -0.05) is 6.07 Å². The minimum absolute atomic E-state index is 0.0176. The summed E-state index contributed by atoms with van der Waals surface area (Å²) in [5.74, 6) is -0.933. The van der Waals surface area contributed by atoms with Gasteiger partial charge in [0.1, 0.15) is 11.6 Å². The second kappa shape index (κ2) is 8.83. The quantitative estimate of drug-likeness (QED) is 0.603. The van der Waals surface area contributed by atoms with Gasteiger partial charge in [0, 0.05) is 11.8 Å². The van der Waals surface area contributed by atoms with E-state index in [1.165, 1.54) is 55.6 Å². The van der Waals surface area contributed by atoms with Crippen molar-refractivity contribution < 1.29 is 27.1 Å². The predicted molar refractivity (Wildman–Crippen MR) is 110 cm³/mol. The molecular formula is C21H16FN3O5S. The van der Waals surface area contributed by atoms with Gasteiger partial charge >= 0.3 is 0 Å². The number of halogens is 1. The number of primary sulfonamides is 1. The first-order valence-electron chi connectivity index (χ1n) is 8.71. The minimum atomic E-state index is -3.95. The normalized spacial score (nSPS) is 10.8. The standard InChI is InChI=1S/C21H16FN3O5S/c1-29-20-10-14(22)6-8-18(20)30-19-9-13(12-23)5-7-17(19)21(26)25-15-3-2-4-16(11-15)31(24,27)28/h2-11H,1H3,(H,25,26)(H2,24,27,28). The molecule has 3 aromatic rings. The second-order valence-corrected chi connectivity index (χ2v) is 7.81. The van der Waals surface area contributed by atoms with Crippen molar-refractivity contribution in [3.63, 3.8) is 0 Å². The molecule has 0 saturated heterocycles. The monoisotopic (exact) mass is 441 g/mol. The van der Waals surface area contributed by atoms with E-state index in [2.05, 4.69) is 5.32 Å². The Kier molecular flexibility index (Phi) is 6.20. The van der Waals surface area contributed by atoms with Crippen LogP contribution in [0.15, 0.2) is 65.6 Å². The van der Waals surface area contributed by atoms with Crippen molar-refractivity contribution in [3.8, 4) is 23.3 Å². The number of ether oxygens (including phenoxy) is 2. The Balaban J connectivity index is 1.97. The van der Waals surface area contributed by atoms with Crippen molar-refractivity contribution in [2.24, 2.45) is 5.14 Å². The number of rotatable bonds is 6. The van der Waals surface area contributed by atoms with Crippen molar-refractivity contribution in [1.29, 1.82) is 5.26 Å². The molecular weight excluding hydrogens is 425 g/mol. The van der Waals surface area contributed by atoms with Crippen LogP contribution < -0.4 is 19.9 Å². The molecule has 3 N–H and O–H groups in total. The summed E-state index contributed by atoms with van der Waals surface area (Å²) in [6, 6.07) is 15.1. The molecule has 0 aliphatic rings. The van der Waals surface area contributed by atoms with Crippen LogP contribution in [0.3, 0.4) is 0 Å². The minimum Gasteiger partial charge on any atom is -0.493 e. The molecule has 0 aliphatic heterocycles. The maximum atomic E-state index is 13.5. The summed E-state index contributed by atoms with van der Waals surface area (Å²) in [5, 5.41) is 16.9. The van der Waals surface area contributed by atoms with Crippen molar-refractivity contribution in [2.45, 2.75) is 4.90 Å². The van der Waals surface area contributed by atoms with Crippen molar-refractivity contribution in [3.05, 3.63) is 77.6 Å². The highest BCUT2D eigenvalue weighted by Crippen LogP contribution is 2.34. The highest BCUT2D eigenvalue weighted by molar-refractivity contribution is 7.89. The molecule has 3 aromatic carbocycles. The van der Waals surface area contributed by atoms with E-state index >= 15 is 0 Å². The van der Waals surface area contributed by atoms with E-state index < -0.39 is 21.7 Å². The van der Waals surface area contributed by atoms with Crippen LogP contribution in [0.2, 0.25) is 0 Å². The van der Waals surface area contributed by atoms with E-state index in [-0.39, 0.29) is 39.0 Å². The van der Waals surface area contributed by atoms with Gasteiger partial charge in [0.15, 0.2) is 11.5 Å². The zero-order chi connectivity index (χ0) is 22.6. The zero-order valence-corrected chi connectivity index (χ0v) is 16.9. The number of nitriles is 1. The van der Waals surface area contributed by atoms with Gasteiger partial charge in [-0.05, 0) is 48.5 Å².